The van der Waals surface area contributed by atoms with Crippen LogP contribution in [-0.2, 0) is 33.5 Å². The molecule has 5 aromatic carbocycles. The molecule has 0 bridgehead atoms. The number of nitrogens with zero attached hydrogens (tertiary/aromatic N) is 4. The Morgan fingerprint density at radius 1 is 0.961 bits per heavy atom. The van der Waals surface area contributed by atoms with Gasteiger partial charge in [-0.15, -0.1) is 17.7 Å². The first kappa shape index (κ1) is 24.0. The van der Waals surface area contributed by atoms with Crippen LogP contribution in [0.25, 0.3) is 60.8 Å². The van der Waals surface area contributed by atoms with Crippen LogP contribution in [0.4, 0.5) is 0 Å². The molecule has 6 heteroatoms. The van der Waals surface area contributed by atoms with Crippen molar-refractivity contribution in [3.63, 3.8) is 0 Å². The van der Waals surface area contributed by atoms with Crippen LogP contribution < -0.4 is 4.57 Å². The van der Waals surface area contributed by atoms with Crippen molar-refractivity contribution in [2.45, 2.75) is 40.8 Å². The Bertz CT molecular complexity index is 2970. The number of nitriles is 1. The van der Waals surface area contributed by atoms with E-state index in [1.807, 2.05) is 60.7 Å². The molecule has 3 heterocycles. The minimum atomic E-state index is -2.63. The topological polar surface area (TPSA) is 58.6 Å². The summed E-state index contributed by atoms with van der Waals surface area (Å²) in [4.78, 5) is 4.42. The second kappa shape index (κ2) is 14.5. The van der Waals surface area contributed by atoms with Crippen molar-refractivity contribution < 1.29 is 44.2 Å². The van der Waals surface area contributed by atoms with Gasteiger partial charge in [-0.2, -0.15) is 35.6 Å². The molecule has 0 atom stereocenters. The van der Waals surface area contributed by atoms with Crippen LogP contribution in [0, 0.1) is 48.9 Å². The Morgan fingerprint density at radius 3 is 2.51 bits per heavy atom. The van der Waals surface area contributed by atoms with Gasteiger partial charge in [-0.1, -0.05) is 98.4 Å². The molecule has 0 saturated heterocycles. The Labute approximate surface area is 328 Å². The largest absolute Gasteiger partial charge is 3.00 e. The minimum Gasteiger partial charge on any atom is -0.500 e. The number of furan rings is 1. The molecule has 0 unspecified atom stereocenters. The van der Waals surface area contributed by atoms with E-state index in [1.165, 1.54) is 18.3 Å². The summed E-state index contributed by atoms with van der Waals surface area (Å²) in [6.45, 7) is -2.30. The van der Waals surface area contributed by atoms with E-state index < -0.39 is 32.5 Å². The fraction of sp³-hybridized carbons (Fsp3) is 0.178. The molecule has 0 aliphatic rings. The molecule has 0 aliphatic heterocycles. The zero-order chi connectivity index (χ0) is 44.3. The van der Waals surface area contributed by atoms with Crippen LogP contribution in [0.3, 0.4) is 0 Å². The predicted molar refractivity (Wildman–Crippen MR) is 201 cm³/mol. The summed E-state index contributed by atoms with van der Waals surface area (Å²) in [5, 5.41) is 12.9. The quantitative estimate of drug-likeness (QED) is 0.131. The Balaban J connectivity index is 0.000000338. The molecule has 8 rings (SSSR count). The first-order valence-corrected chi connectivity index (χ1v) is 15.9. The molecule has 0 amide bonds. The third-order valence-electron chi connectivity index (χ3n) is 8.08. The number of fused-ring (bicyclic) bond motifs is 4. The monoisotopic (exact) mass is 854 g/mol. The van der Waals surface area contributed by atoms with E-state index in [9.17, 15) is 5.26 Å². The number of imidazole rings is 1. The van der Waals surface area contributed by atoms with Crippen molar-refractivity contribution >= 4 is 32.7 Å². The molecule has 0 fully saturated rings. The average molecular weight is 854 g/mol. The Hall–Kier alpha value is -5.34. The van der Waals surface area contributed by atoms with Crippen molar-refractivity contribution in [3.05, 3.63) is 150 Å². The second-order valence-electron chi connectivity index (χ2n) is 12.8. The molecule has 0 aliphatic carbocycles. The Kier molecular flexibility index (Phi) is 6.80. The van der Waals surface area contributed by atoms with Gasteiger partial charge in [0.15, 0.2) is 0 Å². The van der Waals surface area contributed by atoms with Gasteiger partial charge in [0, 0.05) is 40.5 Å². The summed E-state index contributed by atoms with van der Waals surface area (Å²) in [5.41, 5.74) is 1.92. The van der Waals surface area contributed by atoms with Gasteiger partial charge >= 0.3 is 20.1 Å². The maximum atomic E-state index is 10.1. The number of pyridine rings is 1. The predicted octanol–water partition coefficient (Wildman–Crippen LogP) is 10.2. The van der Waals surface area contributed by atoms with Crippen molar-refractivity contribution in [1.29, 1.82) is 5.26 Å². The van der Waals surface area contributed by atoms with Gasteiger partial charge in [0.2, 0.25) is 6.33 Å². The number of hydrogen-bond acceptors (Lipinski definition) is 3. The fourth-order valence-electron chi connectivity index (χ4n) is 5.88. The van der Waals surface area contributed by atoms with E-state index in [-0.39, 0.29) is 59.0 Å². The number of benzene rings is 5. The number of para-hydroxylation sites is 1. The standard InChI is InChI=1S/C35H29N2O.C10H9N2.Ir/c1-21-10-14-28(30-17-27(18-35(3,4)5)22(2)20-37-30)33-31(21)29-15-13-26(19-36)32(34(29)38-33)25-12-11-23-8-6-7-9-24(23)16-25;1-11-7-8-12(9-11)10-5-3-2-4-6-10;/h6-13,15-17,20H,18H2,1-5H3;2-5,7-8H,1H3;/q2*-1;+3/i1D3,2D3,18D2;1D3;. The summed E-state index contributed by atoms with van der Waals surface area (Å²) in [5.74, 6) is 0. The molecule has 8 aromatic rings. The summed E-state index contributed by atoms with van der Waals surface area (Å²) in [6.07, 6.45) is 4.88. The van der Waals surface area contributed by atoms with Gasteiger partial charge in [0.1, 0.15) is 5.58 Å². The van der Waals surface area contributed by atoms with Crippen LogP contribution in [0.5, 0.6) is 0 Å². The average Bonchev–Trinajstić information content (AvgIpc) is 3.86. The van der Waals surface area contributed by atoms with Crippen LogP contribution in [0.1, 0.15) is 58.1 Å². The van der Waals surface area contributed by atoms with Crippen molar-refractivity contribution in [2.24, 2.45) is 12.4 Å². The van der Waals surface area contributed by atoms with Crippen molar-refractivity contribution in [1.82, 2.24) is 9.55 Å². The maximum Gasteiger partial charge on any atom is 3.00 e. The molecule has 0 radical (unpaired) electrons. The number of aryl methyl sites for hydroxylation is 3. The second-order valence-corrected chi connectivity index (χ2v) is 12.8. The molecule has 0 N–H and O–H groups in total. The zero-order valence-electron chi connectivity index (χ0n) is 38.9. The molecular weight excluding hydrogens is 805 g/mol. The van der Waals surface area contributed by atoms with Crippen LogP contribution >= 0.6 is 0 Å². The van der Waals surface area contributed by atoms with E-state index >= 15 is 0 Å². The molecule has 5 nitrogen and oxygen atoms in total. The molecular formula is C45H38IrN4O+. The molecule has 252 valence electrons. The smallest absolute Gasteiger partial charge is 0.500 e. The van der Waals surface area contributed by atoms with E-state index in [2.05, 4.69) is 29.5 Å². The van der Waals surface area contributed by atoms with Gasteiger partial charge in [-0.05, 0) is 58.4 Å². The number of aromatic nitrogens is 3. The minimum absolute atomic E-state index is 0. The van der Waals surface area contributed by atoms with E-state index in [0.717, 1.165) is 27.2 Å². The fourth-order valence-corrected chi connectivity index (χ4v) is 5.88. The van der Waals surface area contributed by atoms with Gasteiger partial charge in [-0.3, -0.25) is 0 Å². The van der Waals surface area contributed by atoms with Crippen molar-refractivity contribution in [2.75, 3.05) is 0 Å². The van der Waals surface area contributed by atoms with E-state index in [1.54, 1.807) is 49.7 Å². The number of rotatable bonds is 4. The van der Waals surface area contributed by atoms with Gasteiger partial charge in [0.05, 0.1) is 28.3 Å². The normalized spacial score (nSPS) is 15.5. The molecule has 3 aromatic heterocycles. The number of hydrogen-bond donors (Lipinski definition) is 0. The van der Waals surface area contributed by atoms with E-state index in [4.69, 9.17) is 19.5 Å². The summed E-state index contributed by atoms with van der Waals surface area (Å²) in [6, 6.07) is 35.2. The van der Waals surface area contributed by atoms with E-state index in [0.29, 0.717) is 27.7 Å². The molecule has 0 saturated carbocycles. The third-order valence-corrected chi connectivity index (χ3v) is 8.08. The van der Waals surface area contributed by atoms with Crippen molar-refractivity contribution in [3.8, 4) is 34.1 Å². The first-order valence-electron chi connectivity index (χ1n) is 21.4. The van der Waals surface area contributed by atoms with Crippen LogP contribution in [-0.4, -0.2) is 9.55 Å². The third kappa shape index (κ3) is 7.28. The zero-order valence-corrected chi connectivity index (χ0v) is 30.3. The van der Waals surface area contributed by atoms with Gasteiger partial charge in [0.25, 0.3) is 0 Å². The van der Waals surface area contributed by atoms with Crippen LogP contribution in [0.15, 0.2) is 114 Å². The first-order chi connectivity index (χ1) is 28.5. The SMILES string of the molecule is [2H]C([2H])([2H])[n+]1[c-]n(-c2[c-]cccc2)cc1.[2H]C([2H])([2H])c1cnc(-c2[c-]cc(C([2H])([2H])[2H])c3c2oc2c(-c4ccc5ccccc5c4)c(C#N)ccc23)cc1C([2H])([2H])C(C)(C)C.[Ir+3]. The molecule has 51 heavy (non-hydrogen) atoms. The van der Waals surface area contributed by atoms with Gasteiger partial charge < -0.3 is 18.5 Å². The summed E-state index contributed by atoms with van der Waals surface area (Å²) < 4.78 is 97.8. The Morgan fingerprint density at radius 2 is 1.78 bits per heavy atom. The summed E-state index contributed by atoms with van der Waals surface area (Å²) in [7, 11) is 0. The van der Waals surface area contributed by atoms with Crippen LogP contribution in [0.2, 0.25) is 0 Å². The summed E-state index contributed by atoms with van der Waals surface area (Å²) >= 11 is 0. The van der Waals surface area contributed by atoms with Gasteiger partial charge in [-0.25, -0.2) is 0 Å². The molecule has 0 spiro atoms. The maximum absolute atomic E-state index is 10.1.